The van der Waals surface area contributed by atoms with Gasteiger partial charge < -0.3 is 9.88 Å². The molecule has 23 heavy (non-hydrogen) atoms. The molecule has 1 aromatic carbocycles. The molecule has 1 fully saturated rings. The number of aryl methyl sites for hydroxylation is 1. The monoisotopic (exact) mass is 332 g/mol. The minimum absolute atomic E-state index is 0.00118. The second-order valence-corrected chi connectivity index (χ2v) is 8.97. The summed E-state index contributed by atoms with van der Waals surface area (Å²) in [6.07, 6.45) is 1.27. The number of hydrogen-bond acceptors (Lipinski definition) is 3. The number of nitrogens with zero attached hydrogens (tertiary/aromatic N) is 1. The van der Waals surface area contributed by atoms with E-state index in [0.717, 1.165) is 11.9 Å². The maximum atomic E-state index is 12.7. The average molecular weight is 332 g/mol. The first kappa shape index (κ1) is 14.8. The Labute approximate surface area is 135 Å². The summed E-state index contributed by atoms with van der Waals surface area (Å²) in [5.41, 5.74) is 4.70. The molecule has 5 nitrogen and oxygen atoms in total. The van der Waals surface area contributed by atoms with Gasteiger partial charge in [-0.2, -0.15) is 0 Å². The quantitative estimate of drug-likeness (QED) is 0.865. The molecule has 0 unspecified atom stereocenters. The van der Waals surface area contributed by atoms with Gasteiger partial charge in [-0.05, 0) is 25.5 Å². The number of aromatic amines is 1. The first-order valence-corrected chi connectivity index (χ1v) is 9.84. The number of benzene rings is 1. The van der Waals surface area contributed by atoms with Gasteiger partial charge in [-0.1, -0.05) is 11.6 Å². The zero-order valence-corrected chi connectivity index (χ0v) is 13.9. The number of sulfone groups is 1. The van der Waals surface area contributed by atoms with E-state index in [0.29, 0.717) is 19.5 Å². The van der Waals surface area contributed by atoms with E-state index in [4.69, 9.17) is 0 Å². The van der Waals surface area contributed by atoms with Crippen LogP contribution in [0.15, 0.2) is 18.2 Å². The molecule has 0 spiro atoms. The second kappa shape index (κ2) is 5.09. The van der Waals surface area contributed by atoms with Crippen molar-refractivity contribution in [2.45, 2.75) is 26.3 Å². The molecule has 2 aliphatic heterocycles. The highest BCUT2D eigenvalue weighted by molar-refractivity contribution is 7.91. The summed E-state index contributed by atoms with van der Waals surface area (Å²) in [7, 11) is -3.02. The summed E-state index contributed by atoms with van der Waals surface area (Å²) in [5, 5.41) is 1.18. The molecule has 0 radical (unpaired) electrons. The van der Waals surface area contributed by atoms with Gasteiger partial charge in [0.1, 0.15) is 0 Å². The fourth-order valence-corrected chi connectivity index (χ4v) is 5.50. The Kier molecular flexibility index (Phi) is 3.27. The third-order valence-electron chi connectivity index (χ3n) is 5.02. The third kappa shape index (κ3) is 2.55. The molecule has 1 aromatic heterocycles. The van der Waals surface area contributed by atoms with E-state index < -0.39 is 9.84 Å². The normalized spacial score (nSPS) is 23.2. The van der Waals surface area contributed by atoms with Crippen molar-refractivity contribution < 1.29 is 13.2 Å². The third-order valence-corrected chi connectivity index (χ3v) is 6.79. The Hall–Kier alpha value is -1.82. The van der Waals surface area contributed by atoms with Gasteiger partial charge >= 0.3 is 0 Å². The average Bonchev–Trinajstić information content (AvgIpc) is 3.06. The van der Waals surface area contributed by atoms with Gasteiger partial charge in [0, 0.05) is 41.7 Å². The highest BCUT2D eigenvalue weighted by atomic mass is 32.2. The highest BCUT2D eigenvalue weighted by Crippen LogP contribution is 2.30. The van der Waals surface area contributed by atoms with Crippen molar-refractivity contribution in [3.8, 4) is 0 Å². The van der Waals surface area contributed by atoms with Crippen LogP contribution in [0.25, 0.3) is 10.9 Å². The first-order chi connectivity index (χ1) is 10.9. The molecule has 2 aromatic rings. The Morgan fingerprint density at radius 2 is 2.17 bits per heavy atom. The Balaban J connectivity index is 1.62. The molecule has 1 atom stereocenters. The minimum Gasteiger partial charge on any atom is -0.358 e. The molecule has 122 valence electrons. The maximum Gasteiger partial charge on any atom is 0.227 e. The number of amides is 1. The van der Waals surface area contributed by atoms with E-state index in [2.05, 4.69) is 30.1 Å². The topological polar surface area (TPSA) is 70.2 Å². The van der Waals surface area contributed by atoms with Crippen LogP contribution in [-0.4, -0.2) is 42.3 Å². The zero-order chi connectivity index (χ0) is 16.2. The summed E-state index contributed by atoms with van der Waals surface area (Å²) in [6, 6.07) is 6.31. The number of fused-ring (bicyclic) bond motifs is 3. The van der Waals surface area contributed by atoms with Gasteiger partial charge in [0.2, 0.25) is 5.91 Å². The number of carbonyl (C=O) groups excluding carboxylic acids is 1. The smallest absolute Gasteiger partial charge is 0.227 e. The first-order valence-electron chi connectivity index (χ1n) is 8.02. The lowest BCUT2D eigenvalue weighted by atomic mass is 10.0. The van der Waals surface area contributed by atoms with E-state index in [1.54, 1.807) is 0 Å². The predicted octanol–water partition coefficient (Wildman–Crippen LogP) is 1.80. The number of hydrogen-bond donors (Lipinski definition) is 1. The zero-order valence-electron chi connectivity index (χ0n) is 13.1. The van der Waals surface area contributed by atoms with E-state index in [-0.39, 0.29) is 23.3 Å². The predicted molar refractivity (Wildman–Crippen MR) is 88.9 cm³/mol. The molecule has 4 rings (SSSR count). The summed E-state index contributed by atoms with van der Waals surface area (Å²) < 4.78 is 23.2. The fourth-order valence-electron chi connectivity index (χ4n) is 3.76. The Morgan fingerprint density at radius 1 is 1.35 bits per heavy atom. The largest absolute Gasteiger partial charge is 0.358 e. The molecule has 1 amide bonds. The van der Waals surface area contributed by atoms with Crippen LogP contribution in [-0.2, 0) is 27.6 Å². The minimum atomic E-state index is -3.02. The number of carbonyl (C=O) groups is 1. The molecule has 6 heteroatoms. The van der Waals surface area contributed by atoms with Crippen LogP contribution in [0, 0.1) is 12.8 Å². The van der Waals surface area contributed by atoms with E-state index in [1.165, 1.54) is 22.2 Å². The van der Waals surface area contributed by atoms with Crippen molar-refractivity contribution in [1.29, 1.82) is 0 Å². The SMILES string of the molecule is Cc1ccc2[nH]c3c(c2c1)CN(C(=O)[C@H]1CCS(=O)(=O)C1)CC3. The number of nitrogens with one attached hydrogen (secondary N) is 1. The van der Waals surface area contributed by atoms with Crippen LogP contribution in [0.2, 0.25) is 0 Å². The highest BCUT2D eigenvalue weighted by Gasteiger charge is 2.36. The van der Waals surface area contributed by atoms with Crippen molar-refractivity contribution in [2.24, 2.45) is 5.92 Å². The molecule has 0 saturated carbocycles. The van der Waals surface area contributed by atoms with Crippen molar-refractivity contribution in [3.63, 3.8) is 0 Å². The molecular weight excluding hydrogens is 312 g/mol. The van der Waals surface area contributed by atoms with Crippen LogP contribution < -0.4 is 0 Å². The van der Waals surface area contributed by atoms with E-state index in [1.807, 2.05) is 4.90 Å². The molecule has 1 saturated heterocycles. The van der Waals surface area contributed by atoms with Crippen LogP contribution in [0.4, 0.5) is 0 Å². The fraction of sp³-hybridized carbons (Fsp3) is 0.471. The number of aromatic nitrogens is 1. The summed E-state index contributed by atoms with van der Waals surface area (Å²) in [6.45, 7) is 3.30. The van der Waals surface area contributed by atoms with Gasteiger partial charge in [-0.25, -0.2) is 8.42 Å². The Bertz CT molecular complexity index is 898. The van der Waals surface area contributed by atoms with Crippen LogP contribution in [0.5, 0.6) is 0 Å². The van der Waals surface area contributed by atoms with E-state index >= 15 is 0 Å². The van der Waals surface area contributed by atoms with Crippen molar-refractivity contribution in [2.75, 3.05) is 18.1 Å². The standard InChI is InChI=1S/C17H20N2O3S/c1-11-2-3-15-13(8-11)14-9-19(6-4-16(14)18-15)17(20)12-5-7-23(21,22)10-12/h2-3,8,12,18H,4-7,9-10H2,1H3/t12-/m0/s1. The summed E-state index contributed by atoms with van der Waals surface area (Å²) in [4.78, 5) is 18.0. The van der Waals surface area contributed by atoms with Crippen LogP contribution in [0.1, 0.15) is 23.2 Å². The van der Waals surface area contributed by atoms with Gasteiger partial charge in [0.25, 0.3) is 0 Å². The van der Waals surface area contributed by atoms with Gasteiger partial charge in [0.15, 0.2) is 9.84 Å². The summed E-state index contributed by atoms with van der Waals surface area (Å²) in [5.74, 6) is -0.191. The van der Waals surface area contributed by atoms with Gasteiger partial charge in [0.05, 0.1) is 17.4 Å². The molecule has 1 N–H and O–H groups in total. The second-order valence-electron chi connectivity index (χ2n) is 6.74. The Morgan fingerprint density at radius 3 is 2.91 bits per heavy atom. The molecule has 0 bridgehead atoms. The molecule has 3 heterocycles. The van der Waals surface area contributed by atoms with E-state index in [9.17, 15) is 13.2 Å². The van der Waals surface area contributed by atoms with Crippen molar-refractivity contribution in [3.05, 3.63) is 35.0 Å². The number of rotatable bonds is 1. The van der Waals surface area contributed by atoms with Crippen molar-refractivity contribution in [1.82, 2.24) is 9.88 Å². The van der Waals surface area contributed by atoms with Gasteiger partial charge in [-0.15, -0.1) is 0 Å². The van der Waals surface area contributed by atoms with Crippen molar-refractivity contribution >= 4 is 26.6 Å². The van der Waals surface area contributed by atoms with Crippen LogP contribution in [0.3, 0.4) is 0 Å². The lowest BCUT2D eigenvalue weighted by Crippen LogP contribution is -2.40. The molecule has 2 aliphatic rings. The lowest BCUT2D eigenvalue weighted by Gasteiger charge is -2.29. The molecular formula is C17H20N2O3S. The number of H-pyrrole nitrogens is 1. The van der Waals surface area contributed by atoms with Crippen LogP contribution >= 0.6 is 0 Å². The maximum absolute atomic E-state index is 12.7. The van der Waals surface area contributed by atoms with Gasteiger partial charge in [-0.3, -0.25) is 4.79 Å². The summed E-state index contributed by atoms with van der Waals surface area (Å²) >= 11 is 0. The lowest BCUT2D eigenvalue weighted by molar-refractivity contribution is -0.135. The molecule has 0 aliphatic carbocycles.